The average Bonchev–Trinajstić information content (AvgIpc) is 2.19. The highest BCUT2D eigenvalue weighted by Crippen LogP contribution is 2.18. The number of rotatable bonds is 3. The highest BCUT2D eigenvalue weighted by Gasteiger charge is 2.19. The molecule has 3 heteroatoms. The molecule has 0 heterocycles. The largest absolute Gasteiger partial charge is 0.294 e. The van der Waals surface area contributed by atoms with Gasteiger partial charge in [-0.1, -0.05) is 20.8 Å². The number of Topliss-reactive ketones (excluding diaryl/α,β-unsaturated/α-hetero) is 1. The predicted molar refractivity (Wildman–Crippen MR) is 54.7 cm³/mol. The Balaban J connectivity index is 2.97. The second-order valence-electron chi connectivity index (χ2n) is 4.03. The summed E-state index contributed by atoms with van der Waals surface area (Å²) in [5, 5.41) is 0. The predicted octanol–water partition coefficient (Wildman–Crippen LogP) is 3.44. The summed E-state index contributed by atoms with van der Waals surface area (Å²) in [7, 11) is 0. The third-order valence-electron chi connectivity index (χ3n) is 2.62. The maximum atomic E-state index is 12.9. The van der Waals surface area contributed by atoms with Gasteiger partial charge in [-0.2, -0.15) is 0 Å². The molecule has 0 amide bonds. The molecule has 0 radical (unpaired) electrons. The summed E-state index contributed by atoms with van der Waals surface area (Å²) in [6.45, 7) is 5.62. The lowest BCUT2D eigenvalue weighted by atomic mass is 9.90. The first-order valence-electron chi connectivity index (χ1n) is 4.92. The molecular formula is C12H14F2O. The molecule has 1 aromatic rings. The molecule has 1 rings (SSSR count). The van der Waals surface area contributed by atoms with Crippen molar-refractivity contribution in [1.82, 2.24) is 0 Å². The molecule has 0 aliphatic rings. The Morgan fingerprint density at radius 3 is 2.20 bits per heavy atom. The Morgan fingerprint density at radius 1 is 1.13 bits per heavy atom. The van der Waals surface area contributed by atoms with E-state index in [1.165, 1.54) is 6.07 Å². The van der Waals surface area contributed by atoms with Crippen LogP contribution in [0.1, 0.15) is 31.1 Å². The van der Waals surface area contributed by atoms with E-state index >= 15 is 0 Å². The van der Waals surface area contributed by atoms with Crippen molar-refractivity contribution in [2.24, 2.45) is 11.8 Å². The highest BCUT2D eigenvalue weighted by molar-refractivity contribution is 5.97. The van der Waals surface area contributed by atoms with E-state index in [2.05, 4.69) is 0 Å². The summed E-state index contributed by atoms with van der Waals surface area (Å²) in [6.07, 6.45) is 0. The van der Waals surface area contributed by atoms with Crippen molar-refractivity contribution < 1.29 is 13.6 Å². The van der Waals surface area contributed by atoms with E-state index in [1.54, 1.807) is 6.92 Å². The summed E-state index contributed by atoms with van der Waals surface area (Å²) >= 11 is 0. The van der Waals surface area contributed by atoms with Gasteiger partial charge in [-0.3, -0.25) is 4.79 Å². The van der Waals surface area contributed by atoms with E-state index in [9.17, 15) is 13.6 Å². The van der Waals surface area contributed by atoms with Gasteiger partial charge in [-0.25, -0.2) is 8.78 Å². The van der Waals surface area contributed by atoms with Crippen LogP contribution in [0.3, 0.4) is 0 Å². The number of benzene rings is 1. The number of hydrogen-bond donors (Lipinski definition) is 0. The van der Waals surface area contributed by atoms with Gasteiger partial charge >= 0.3 is 0 Å². The van der Waals surface area contributed by atoms with Gasteiger partial charge in [-0.15, -0.1) is 0 Å². The molecule has 0 aliphatic heterocycles. The average molecular weight is 212 g/mol. The van der Waals surface area contributed by atoms with Gasteiger partial charge in [0.1, 0.15) is 0 Å². The lowest BCUT2D eigenvalue weighted by molar-refractivity contribution is 0.0899. The molecule has 0 saturated heterocycles. The molecule has 0 aromatic heterocycles. The van der Waals surface area contributed by atoms with Crippen LogP contribution < -0.4 is 0 Å². The maximum Gasteiger partial charge on any atom is 0.166 e. The first kappa shape index (κ1) is 11.8. The highest BCUT2D eigenvalue weighted by atomic mass is 19.2. The molecule has 1 nitrogen and oxygen atoms in total. The quantitative estimate of drug-likeness (QED) is 0.701. The number of carbonyl (C=O) groups excluding carboxylic acids is 1. The second-order valence-corrected chi connectivity index (χ2v) is 4.03. The molecule has 0 saturated carbocycles. The fourth-order valence-corrected chi connectivity index (χ4v) is 1.22. The van der Waals surface area contributed by atoms with Gasteiger partial charge in [0.2, 0.25) is 0 Å². The molecule has 15 heavy (non-hydrogen) atoms. The van der Waals surface area contributed by atoms with E-state index in [1.807, 2.05) is 13.8 Å². The summed E-state index contributed by atoms with van der Waals surface area (Å²) in [4.78, 5) is 11.8. The lowest BCUT2D eigenvalue weighted by Crippen LogP contribution is -2.17. The Kier molecular flexibility index (Phi) is 3.56. The SMILES string of the molecule is CC(C)C(C)C(=O)c1ccc(F)c(F)c1. The normalized spacial score (nSPS) is 12.9. The van der Waals surface area contributed by atoms with Crippen molar-refractivity contribution in [3.63, 3.8) is 0 Å². The molecule has 0 fully saturated rings. The molecule has 0 spiro atoms. The first-order valence-corrected chi connectivity index (χ1v) is 4.92. The molecule has 0 aliphatic carbocycles. The van der Waals surface area contributed by atoms with Gasteiger partial charge in [0.15, 0.2) is 17.4 Å². The van der Waals surface area contributed by atoms with E-state index < -0.39 is 11.6 Å². The van der Waals surface area contributed by atoms with Crippen molar-refractivity contribution >= 4 is 5.78 Å². The van der Waals surface area contributed by atoms with Crippen LogP contribution in [-0.2, 0) is 0 Å². The number of carbonyl (C=O) groups is 1. The van der Waals surface area contributed by atoms with Crippen LogP contribution in [0.5, 0.6) is 0 Å². The van der Waals surface area contributed by atoms with Gasteiger partial charge in [0.25, 0.3) is 0 Å². The van der Waals surface area contributed by atoms with Crippen LogP contribution in [0.2, 0.25) is 0 Å². The zero-order valence-electron chi connectivity index (χ0n) is 9.05. The zero-order valence-corrected chi connectivity index (χ0v) is 9.05. The van der Waals surface area contributed by atoms with E-state index in [0.29, 0.717) is 0 Å². The fourth-order valence-electron chi connectivity index (χ4n) is 1.22. The van der Waals surface area contributed by atoms with Gasteiger partial charge in [0.05, 0.1) is 0 Å². The number of ketones is 1. The molecule has 1 unspecified atom stereocenters. The van der Waals surface area contributed by atoms with E-state index in [-0.39, 0.29) is 23.2 Å². The van der Waals surface area contributed by atoms with Crippen molar-refractivity contribution in [2.45, 2.75) is 20.8 Å². The summed E-state index contributed by atoms with van der Waals surface area (Å²) < 4.78 is 25.5. The third kappa shape index (κ3) is 2.61. The summed E-state index contributed by atoms with van der Waals surface area (Å²) in [5.41, 5.74) is 0.232. The van der Waals surface area contributed by atoms with Crippen molar-refractivity contribution in [1.29, 1.82) is 0 Å². The van der Waals surface area contributed by atoms with Crippen LogP contribution >= 0.6 is 0 Å². The van der Waals surface area contributed by atoms with Crippen molar-refractivity contribution in [3.8, 4) is 0 Å². The topological polar surface area (TPSA) is 17.1 Å². The third-order valence-corrected chi connectivity index (χ3v) is 2.62. The zero-order chi connectivity index (χ0) is 11.6. The van der Waals surface area contributed by atoms with E-state index in [4.69, 9.17) is 0 Å². The van der Waals surface area contributed by atoms with Crippen LogP contribution in [0.15, 0.2) is 18.2 Å². The smallest absolute Gasteiger partial charge is 0.166 e. The first-order chi connectivity index (χ1) is 6.93. The Bertz CT molecular complexity index is 372. The van der Waals surface area contributed by atoms with Gasteiger partial charge in [0, 0.05) is 11.5 Å². The van der Waals surface area contributed by atoms with Gasteiger partial charge < -0.3 is 0 Å². The minimum Gasteiger partial charge on any atom is -0.294 e. The van der Waals surface area contributed by atoms with Crippen molar-refractivity contribution in [2.75, 3.05) is 0 Å². The monoisotopic (exact) mass is 212 g/mol. The Labute approximate surface area is 88.1 Å². The molecule has 1 aromatic carbocycles. The second kappa shape index (κ2) is 4.51. The molecule has 82 valence electrons. The van der Waals surface area contributed by atoms with Crippen molar-refractivity contribution in [3.05, 3.63) is 35.4 Å². The van der Waals surface area contributed by atoms with Gasteiger partial charge in [-0.05, 0) is 24.1 Å². The minimum atomic E-state index is -0.975. The standard InChI is InChI=1S/C12H14F2O/c1-7(2)8(3)12(15)9-4-5-10(13)11(14)6-9/h4-8H,1-3H3. The van der Waals surface area contributed by atoms with Crippen LogP contribution in [-0.4, -0.2) is 5.78 Å². The fraction of sp³-hybridized carbons (Fsp3) is 0.417. The summed E-state index contributed by atoms with van der Waals surface area (Å²) in [6, 6.07) is 3.26. The molecule has 0 N–H and O–H groups in total. The Hall–Kier alpha value is -1.25. The van der Waals surface area contributed by atoms with Crippen LogP contribution in [0, 0.1) is 23.5 Å². The molecule has 0 bridgehead atoms. The Morgan fingerprint density at radius 2 is 1.73 bits per heavy atom. The maximum absolute atomic E-state index is 12.9. The van der Waals surface area contributed by atoms with Crippen LogP contribution in [0.25, 0.3) is 0 Å². The number of hydrogen-bond acceptors (Lipinski definition) is 1. The van der Waals surface area contributed by atoms with Crippen LogP contribution in [0.4, 0.5) is 8.78 Å². The summed E-state index contributed by atoms with van der Waals surface area (Å²) in [5.74, 6) is -2.05. The lowest BCUT2D eigenvalue weighted by Gasteiger charge is -2.13. The minimum absolute atomic E-state index is 0.149. The molecule has 1 atom stereocenters. The van der Waals surface area contributed by atoms with E-state index in [0.717, 1.165) is 12.1 Å². The number of halogens is 2. The molecular weight excluding hydrogens is 198 g/mol.